The van der Waals surface area contributed by atoms with Gasteiger partial charge in [0.05, 0.1) is 16.9 Å². The molecule has 4 rings (SSSR count). The molecule has 0 saturated carbocycles. The van der Waals surface area contributed by atoms with Crippen molar-refractivity contribution in [3.63, 3.8) is 0 Å². The van der Waals surface area contributed by atoms with Gasteiger partial charge < -0.3 is 0 Å². The molecule has 2 atom stereocenters. The second-order valence-corrected chi connectivity index (χ2v) is 8.92. The number of amides is 1. The van der Waals surface area contributed by atoms with Crippen molar-refractivity contribution in [2.75, 3.05) is 0 Å². The lowest BCUT2D eigenvalue weighted by atomic mass is 9.84. The Kier molecular flexibility index (Phi) is 5.07. The Hall–Kier alpha value is -3.18. The largest absolute Gasteiger partial charge is 0.273 e. The third kappa shape index (κ3) is 3.61. The summed E-state index contributed by atoms with van der Waals surface area (Å²) in [6.45, 7) is 1.89. The lowest BCUT2D eigenvalue weighted by Gasteiger charge is -2.45. The maximum absolute atomic E-state index is 13.2. The van der Waals surface area contributed by atoms with Gasteiger partial charge in [0.2, 0.25) is 5.91 Å². The number of nitrogens with zero attached hydrogens (tertiary/aromatic N) is 1. The molecule has 1 aliphatic rings. The first kappa shape index (κ1) is 19.2. The third-order valence-corrected chi connectivity index (χ3v) is 6.90. The van der Waals surface area contributed by atoms with Crippen LogP contribution in [-0.2, 0) is 14.8 Å². The van der Waals surface area contributed by atoms with E-state index < -0.39 is 27.9 Å². The maximum atomic E-state index is 13.2. The van der Waals surface area contributed by atoms with Crippen LogP contribution in [-0.4, -0.2) is 18.6 Å². The molecule has 1 heterocycles. The average molecular weight is 404 g/mol. The van der Waals surface area contributed by atoms with Crippen LogP contribution in [0.1, 0.15) is 22.7 Å². The smallest absolute Gasteiger partial charge is 0.267 e. The van der Waals surface area contributed by atoms with Gasteiger partial charge in [-0.1, -0.05) is 90.5 Å². The SMILES string of the molecule is Cc1ccc(S(=O)(=O)N2C(=O)[C@@H](/C=C\c3ccccc3)[C@H]2c2ccccc2)cc1. The quantitative estimate of drug-likeness (QED) is 0.585. The van der Waals surface area contributed by atoms with E-state index in [4.69, 9.17) is 0 Å². The molecule has 0 radical (unpaired) electrons. The lowest BCUT2D eigenvalue weighted by Crippen LogP contribution is -2.56. The van der Waals surface area contributed by atoms with E-state index in [1.54, 1.807) is 30.3 Å². The summed E-state index contributed by atoms with van der Waals surface area (Å²) < 4.78 is 27.5. The molecule has 1 fully saturated rings. The van der Waals surface area contributed by atoms with Gasteiger partial charge in [-0.3, -0.25) is 4.79 Å². The molecule has 0 aromatic heterocycles. The van der Waals surface area contributed by atoms with Gasteiger partial charge in [0.1, 0.15) is 0 Å². The number of sulfonamides is 1. The Morgan fingerprint density at radius 2 is 1.41 bits per heavy atom. The summed E-state index contributed by atoms with van der Waals surface area (Å²) in [7, 11) is -3.93. The van der Waals surface area contributed by atoms with Crippen LogP contribution in [0.3, 0.4) is 0 Å². The zero-order chi connectivity index (χ0) is 20.4. The van der Waals surface area contributed by atoms with E-state index >= 15 is 0 Å². The van der Waals surface area contributed by atoms with E-state index in [9.17, 15) is 13.2 Å². The number of rotatable bonds is 5. The maximum Gasteiger partial charge on any atom is 0.267 e. The van der Waals surface area contributed by atoms with Crippen LogP contribution >= 0.6 is 0 Å². The Morgan fingerprint density at radius 3 is 2.03 bits per heavy atom. The van der Waals surface area contributed by atoms with E-state index in [0.29, 0.717) is 0 Å². The van der Waals surface area contributed by atoms with Crippen molar-refractivity contribution in [2.45, 2.75) is 17.9 Å². The minimum atomic E-state index is -3.93. The van der Waals surface area contributed by atoms with E-state index in [0.717, 1.165) is 21.0 Å². The highest BCUT2D eigenvalue weighted by molar-refractivity contribution is 7.89. The summed E-state index contributed by atoms with van der Waals surface area (Å²) in [4.78, 5) is 13.1. The van der Waals surface area contributed by atoms with Gasteiger partial charge in [0.25, 0.3) is 10.0 Å². The minimum absolute atomic E-state index is 0.128. The molecular weight excluding hydrogens is 382 g/mol. The predicted molar refractivity (Wildman–Crippen MR) is 113 cm³/mol. The second-order valence-electron chi connectivity index (χ2n) is 7.10. The molecule has 0 aliphatic carbocycles. The number of carbonyl (C=O) groups excluding carboxylic acids is 1. The second kappa shape index (κ2) is 7.68. The van der Waals surface area contributed by atoms with Crippen molar-refractivity contribution in [3.8, 4) is 0 Å². The van der Waals surface area contributed by atoms with Gasteiger partial charge in [-0.25, -0.2) is 12.7 Å². The minimum Gasteiger partial charge on any atom is -0.273 e. The molecule has 3 aromatic rings. The topological polar surface area (TPSA) is 54.5 Å². The van der Waals surface area contributed by atoms with Crippen molar-refractivity contribution in [2.24, 2.45) is 5.92 Å². The van der Waals surface area contributed by atoms with Gasteiger partial charge in [0.15, 0.2) is 0 Å². The van der Waals surface area contributed by atoms with Gasteiger partial charge in [-0.15, -0.1) is 0 Å². The first-order chi connectivity index (χ1) is 14.0. The number of carbonyl (C=O) groups is 1. The Balaban J connectivity index is 1.71. The van der Waals surface area contributed by atoms with Crippen molar-refractivity contribution in [3.05, 3.63) is 108 Å². The van der Waals surface area contributed by atoms with Crippen LogP contribution in [0.15, 0.2) is 95.9 Å². The summed E-state index contributed by atoms with van der Waals surface area (Å²) in [5, 5.41) is 0. The Labute approximate surface area is 171 Å². The molecule has 1 aliphatic heterocycles. The molecule has 1 amide bonds. The number of β-lactam (4-membered cyclic amide) rings is 1. The molecule has 1 saturated heterocycles. The van der Waals surface area contributed by atoms with Crippen LogP contribution in [0.25, 0.3) is 6.08 Å². The third-order valence-electron chi connectivity index (χ3n) is 5.11. The van der Waals surface area contributed by atoms with Gasteiger partial charge >= 0.3 is 0 Å². The summed E-state index contributed by atoms with van der Waals surface area (Å²) >= 11 is 0. The number of hydrogen-bond acceptors (Lipinski definition) is 3. The van der Waals surface area contributed by atoms with E-state index in [2.05, 4.69) is 0 Å². The molecule has 4 nitrogen and oxygen atoms in total. The van der Waals surface area contributed by atoms with Crippen molar-refractivity contribution in [1.29, 1.82) is 0 Å². The molecule has 0 bridgehead atoms. The summed E-state index contributed by atoms with van der Waals surface area (Å²) in [6, 6.07) is 25.0. The molecule has 0 spiro atoms. The van der Waals surface area contributed by atoms with Gasteiger partial charge in [-0.05, 0) is 30.2 Å². The van der Waals surface area contributed by atoms with Crippen LogP contribution in [0, 0.1) is 12.8 Å². The monoisotopic (exact) mass is 403 g/mol. The highest BCUT2D eigenvalue weighted by Gasteiger charge is 2.53. The van der Waals surface area contributed by atoms with E-state index in [-0.39, 0.29) is 4.90 Å². The van der Waals surface area contributed by atoms with E-state index in [1.165, 1.54) is 0 Å². The van der Waals surface area contributed by atoms with Crippen LogP contribution in [0.2, 0.25) is 0 Å². The lowest BCUT2D eigenvalue weighted by molar-refractivity contribution is -0.143. The highest BCUT2D eigenvalue weighted by atomic mass is 32.2. The van der Waals surface area contributed by atoms with Gasteiger partial charge in [0, 0.05) is 0 Å². The zero-order valence-corrected chi connectivity index (χ0v) is 16.8. The zero-order valence-electron chi connectivity index (χ0n) is 16.0. The van der Waals surface area contributed by atoms with Crippen molar-refractivity contribution >= 4 is 22.0 Å². The van der Waals surface area contributed by atoms with Crippen LogP contribution in [0.5, 0.6) is 0 Å². The molecule has 3 aromatic carbocycles. The van der Waals surface area contributed by atoms with E-state index in [1.807, 2.05) is 73.7 Å². The van der Waals surface area contributed by atoms with Crippen LogP contribution < -0.4 is 0 Å². The predicted octanol–water partition coefficient (Wildman–Crippen LogP) is 4.60. The van der Waals surface area contributed by atoms with Crippen molar-refractivity contribution < 1.29 is 13.2 Å². The number of aryl methyl sites for hydroxylation is 1. The Morgan fingerprint density at radius 1 is 0.828 bits per heavy atom. The van der Waals surface area contributed by atoms with Gasteiger partial charge in [-0.2, -0.15) is 0 Å². The molecule has 0 N–H and O–H groups in total. The first-order valence-corrected chi connectivity index (χ1v) is 10.9. The fourth-order valence-corrected chi connectivity index (χ4v) is 5.15. The molecular formula is C24H21NO3S. The normalized spacial score (nSPS) is 19.3. The van der Waals surface area contributed by atoms with Crippen LogP contribution in [0.4, 0.5) is 0 Å². The number of hydrogen-bond donors (Lipinski definition) is 0. The Bertz CT molecular complexity index is 1140. The summed E-state index contributed by atoms with van der Waals surface area (Å²) in [6.07, 6.45) is 3.67. The summed E-state index contributed by atoms with van der Waals surface area (Å²) in [5.41, 5.74) is 2.72. The highest BCUT2D eigenvalue weighted by Crippen LogP contribution is 2.44. The number of benzene rings is 3. The molecule has 29 heavy (non-hydrogen) atoms. The standard InChI is InChI=1S/C24H21NO3S/c1-18-12-15-21(16-13-18)29(27,28)25-23(20-10-6-3-7-11-20)22(24(25)26)17-14-19-8-4-2-5-9-19/h2-17,22-23H,1H3/b17-14-/t22-,23+/m0/s1. The molecule has 5 heteroatoms. The average Bonchev–Trinajstić information content (AvgIpc) is 2.73. The fourth-order valence-electron chi connectivity index (χ4n) is 3.53. The first-order valence-electron chi connectivity index (χ1n) is 9.41. The molecule has 0 unspecified atom stereocenters. The summed E-state index contributed by atoms with van der Waals surface area (Å²) in [5.74, 6) is -0.940. The molecule has 146 valence electrons. The fraction of sp³-hybridized carbons (Fsp3) is 0.125. The van der Waals surface area contributed by atoms with Crippen molar-refractivity contribution in [1.82, 2.24) is 4.31 Å².